The molecule has 0 aromatic carbocycles. The SMILES string of the molecule is COC(C)OC(C)O.[MgH2]. The van der Waals surface area contributed by atoms with Gasteiger partial charge in [0.15, 0.2) is 12.6 Å². The van der Waals surface area contributed by atoms with Gasteiger partial charge >= 0.3 is 23.1 Å². The van der Waals surface area contributed by atoms with Crippen molar-refractivity contribution in [2.45, 2.75) is 26.4 Å². The smallest absolute Gasteiger partial charge is 0.316 e. The third kappa shape index (κ3) is 8.65. The van der Waals surface area contributed by atoms with Gasteiger partial charge in [-0.1, -0.05) is 0 Å². The number of aliphatic hydroxyl groups excluding tert-OH is 1. The number of ether oxygens (including phenoxy) is 2. The van der Waals surface area contributed by atoms with Gasteiger partial charge in [-0.2, -0.15) is 0 Å². The van der Waals surface area contributed by atoms with Crippen molar-refractivity contribution in [1.29, 1.82) is 0 Å². The zero-order valence-electron chi connectivity index (χ0n) is 5.42. The van der Waals surface area contributed by atoms with Crippen LogP contribution in [-0.2, 0) is 9.47 Å². The number of hydrogen-bond acceptors (Lipinski definition) is 3. The summed E-state index contributed by atoms with van der Waals surface area (Å²) >= 11 is 0. The average Bonchev–Trinajstić information content (AvgIpc) is 1.65. The molecule has 54 valence electrons. The molecule has 0 aromatic heterocycles. The van der Waals surface area contributed by atoms with Gasteiger partial charge in [-0.25, -0.2) is 0 Å². The monoisotopic (exact) mass is 146 g/mol. The molecule has 0 aliphatic heterocycles. The fourth-order valence-corrected chi connectivity index (χ4v) is 0.333. The lowest BCUT2D eigenvalue weighted by Gasteiger charge is -2.12. The highest BCUT2D eigenvalue weighted by Gasteiger charge is 2.00. The Kier molecular flexibility index (Phi) is 9.27. The van der Waals surface area contributed by atoms with Gasteiger partial charge in [0.25, 0.3) is 0 Å². The van der Waals surface area contributed by atoms with Crippen LogP contribution in [-0.4, -0.2) is 47.8 Å². The first-order chi connectivity index (χ1) is 3.66. The van der Waals surface area contributed by atoms with Crippen LogP contribution in [0.15, 0.2) is 0 Å². The van der Waals surface area contributed by atoms with Crippen LogP contribution in [0.25, 0.3) is 0 Å². The second kappa shape index (κ2) is 6.76. The molecule has 9 heavy (non-hydrogen) atoms. The zero-order chi connectivity index (χ0) is 6.57. The predicted molar refractivity (Wildman–Crippen MR) is 37.8 cm³/mol. The quantitative estimate of drug-likeness (QED) is 0.428. The molecule has 1 N–H and O–H groups in total. The highest BCUT2D eigenvalue weighted by molar-refractivity contribution is 5.75. The van der Waals surface area contributed by atoms with Crippen molar-refractivity contribution in [1.82, 2.24) is 0 Å². The van der Waals surface area contributed by atoms with Crippen molar-refractivity contribution in [2.24, 2.45) is 0 Å². The fraction of sp³-hybridized carbons (Fsp3) is 1.00. The summed E-state index contributed by atoms with van der Waals surface area (Å²) in [6.45, 7) is 3.25. The Morgan fingerprint density at radius 3 is 1.89 bits per heavy atom. The molecule has 4 heteroatoms. The van der Waals surface area contributed by atoms with E-state index in [0.29, 0.717) is 0 Å². The molecule has 0 rings (SSSR count). The summed E-state index contributed by atoms with van der Waals surface area (Å²) in [5.41, 5.74) is 0. The first-order valence-electron chi connectivity index (χ1n) is 2.53. The Hall–Kier alpha value is 0.646. The molecule has 0 aliphatic carbocycles. The Balaban J connectivity index is 0. The predicted octanol–water partition coefficient (Wildman–Crippen LogP) is -0.583. The third-order valence-corrected chi connectivity index (χ3v) is 0.721. The van der Waals surface area contributed by atoms with Gasteiger partial charge < -0.3 is 14.6 Å². The van der Waals surface area contributed by atoms with Gasteiger partial charge in [0, 0.05) is 7.11 Å². The molecule has 0 saturated heterocycles. The van der Waals surface area contributed by atoms with Crippen LogP contribution in [0.3, 0.4) is 0 Å². The summed E-state index contributed by atoms with van der Waals surface area (Å²) in [7, 11) is 1.52. The van der Waals surface area contributed by atoms with Crippen LogP contribution >= 0.6 is 0 Å². The molecule has 0 aromatic rings. The van der Waals surface area contributed by atoms with Crippen molar-refractivity contribution in [2.75, 3.05) is 7.11 Å². The fourth-order valence-electron chi connectivity index (χ4n) is 0.333. The molecule has 0 bridgehead atoms. The molecule has 2 atom stereocenters. The second-order valence-electron chi connectivity index (χ2n) is 1.54. The van der Waals surface area contributed by atoms with Crippen LogP contribution < -0.4 is 0 Å². The van der Waals surface area contributed by atoms with E-state index in [9.17, 15) is 0 Å². The minimum atomic E-state index is -0.745. The van der Waals surface area contributed by atoms with E-state index in [1.165, 1.54) is 14.0 Å². The Bertz CT molecular complexity index is 58.2. The van der Waals surface area contributed by atoms with E-state index in [1.807, 2.05) is 0 Å². The van der Waals surface area contributed by atoms with E-state index < -0.39 is 6.29 Å². The van der Waals surface area contributed by atoms with Crippen LogP contribution in [0, 0.1) is 0 Å². The van der Waals surface area contributed by atoms with Crippen molar-refractivity contribution in [3.63, 3.8) is 0 Å². The van der Waals surface area contributed by atoms with Gasteiger partial charge in [0.1, 0.15) is 0 Å². The van der Waals surface area contributed by atoms with Crippen LogP contribution in [0.4, 0.5) is 0 Å². The molecule has 0 radical (unpaired) electrons. The third-order valence-electron chi connectivity index (χ3n) is 0.721. The first kappa shape index (κ1) is 12.3. The Labute approximate surface area is 71.5 Å². The Morgan fingerprint density at radius 2 is 1.78 bits per heavy atom. The summed E-state index contributed by atoms with van der Waals surface area (Å²) in [5, 5.41) is 8.55. The molecule has 0 amide bonds. The maximum absolute atomic E-state index is 8.55. The lowest BCUT2D eigenvalue weighted by molar-refractivity contribution is -0.202. The van der Waals surface area contributed by atoms with Crippen molar-refractivity contribution >= 4 is 23.1 Å². The number of hydrogen-bond donors (Lipinski definition) is 1. The van der Waals surface area contributed by atoms with Crippen LogP contribution in [0.1, 0.15) is 13.8 Å². The molecule has 0 spiro atoms. The normalized spacial score (nSPS) is 16.0. The standard InChI is InChI=1S/C5H12O3.Mg.2H/c1-4(6)8-5(2)7-3;;;/h4-6H,1-3H3;;;. The molecule has 0 heterocycles. The number of methoxy groups -OCH3 is 1. The van der Waals surface area contributed by atoms with E-state index in [1.54, 1.807) is 6.92 Å². The number of aliphatic hydroxyl groups is 1. The van der Waals surface area contributed by atoms with E-state index in [0.717, 1.165) is 0 Å². The molecule has 0 aliphatic rings. The van der Waals surface area contributed by atoms with Gasteiger partial charge in [-0.05, 0) is 13.8 Å². The van der Waals surface area contributed by atoms with Crippen LogP contribution in [0.2, 0.25) is 0 Å². The van der Waals surface area contributed by atoms with Gasteiger partial charge in [0.05, 0.1) is 0 Å². The zero-order valence-corrected chi connectivity index (χ0v) is 5.42. The Morgan fingerprint density at radius 1 is 1.33 bits per heavy atom. The highest BCUT2D eigenvalue weighted by atomic mass is 24.3. The topological polar surface area (TPSA) is 38.7 Å². The number of rotatable bonds is 3. The molecular formula is C5H14MgO3. The van der Waals surface area contributed by atoms with Crippen LogP contribution in [0.5, 0.6) is 0 Å². The highest BCUT2D eigenvalue weighted by Crippen LogP contribution is 1.93. The maximum Gasteiger partial charge on any atom is 0.316 e. The molecule has 2 unspecified atom stereocenters. The molecule has 0 fully saturated rings. The maximum atomic E-state index is 8.55. The summed E-state index contributed by atoms with van der Waals surface area (Å²) in [4.78, 5) is 0. The van der Waals surface area contributed by atoms with Gasteiger partial charge in [-0.3, -0.25) is 0 Å². The van der Waals surface area contributed by atoms with Gasteiger partial charge in [-0.15, -0.1) is 0 Å². The van der Waals surface area contributed by atoms with E-state index in [2.05, 4.69) is 4.74 Å². The van der Waals surface area contributed by atoms with Crippen molar-refractivity contribution in [3.8, 4) is 0 Å². The van der Waals surface area contributed by atoms with E-state index >= 15 is 0 Å². The summed E-state index contributed by atoms with van der Waals surface area (Å²) in [6, 6.07) is 0. The van der Waals surface area contributed by atoms with Crippen molar-refractivity contribution < 1.29 is 14.6 Å². The minimum Gasteiger partial charge on any atom is -0.368 e. The first-order valence-corrected chi connectivity index (χ1v) is 2.53. The second-order valence-corrected chi connectivity index (χ2v) is 1.54. The van der Waals surface area contributed by atoms with Gasteiger partial charge in [0.2, 0.25) is 0 Å². The lowest BCUT2D eigenvalue weighted by atomic mass is 10.7. The average molecular weight is 146 g/mol. The largest absolute Gasteiger partial charge is 0.368 e. The summed E-state index contributed by atoms with van der Waals surface area (Å²) in [6.07, 6.45) is -1.07. The van der Waals surface area contributed by atoms with E-state index in [4.69, 9.17) is 9.84 Å². The summed E-state index contributed by atoms with van der Waals surface area (Å²) < 4.78 is 9.41. The molecular weight excluding hydrogens is 132 g/mol. The van der Waals surface area contributed by atoms with Crippen molar-refractivity contribution in [3.05, 3.63) is 0 Å². The lowest BCUT2D eigenvalue weighted by Crippen LogP contribution is -2.17. The minimum absolute atomic E-state index is 0. The molecule has 0 saturated carbocycles. The van der Waals surface area contributed by atoms with E-state index in [-0.39, 0.29) is 29.3 Å². The molecule has 3 nitrogen and oxygen atoms in total. The summed E-state index contributed by atoms with van der Waals surface area (Å²) in [5.74, 6) is 0.